The third-order valence-corrected chi connectivity index (χ3v) is 6.30. The number of ether oxygens (including phenoxy) is 3. The van der Waals surface area contributed by atoms with Crippen LogP contribution in [0.5, 0.6) is 11.5 Å². The number of para-hydroxylation sites is 1. The van der Waals surface area contributed by atoms with Gasteiger partial charge in [-0.05, 0) is 29.3 Å². The Kier molecular flexibility index (Phi) is 4.28. The molecule has 4 atom stereocenters. The molecule has 2 aromatic carbocycles. The van der Waals surface area contributed by atoms with E-state index < -0.39 is 23.6 Å². The first-order valence-corrected chi connectivity index (χ1v) is 9.77. The molecule has 5 rings (SSSR count). The molecule has 31 heavy (non-hydrogen) atoms. The molecule has 5 N–H and O–H groups in total. The summed E-state index contributed by atoms with van der Waals surface area (Å²) in [6, 6.07) is 14.7. The van der Waals surface area contributed by atoms with Gasteiger partial charge in [-0.15, -0.1) is 0 Å². The van der Waals surface area contributed by atoms with E-state index in [9.17, 15) is 10.1 Å². The van der Waals surface area contributed by atoms with E-state index in [-0.39, 0.29) is 17.4 Å². The maximum absolute atomic E-state index is 13.6. The predicted octanol–water partition coefficient (Wildman–Crippen LogP) is 1.41. The molecule has 0 bridgehead atoms. The molecule has 158 valence electrons. The number of methoxy groups -OCH3 is 2. The van der Waals surface area contributed by atoms with Crippen LogP contribution in [-0.2, 0) is 14.9 Å². The van der Waals surface area contributed by atoms with E-state index in [1.165, 1.54) is 0 Å². The molecule has 0 aromatic heterocycles. The number of hydrogen-bond donors (Lipinski definition) is 4. The largest absolute Gasteiger partial charge is 0.493 e. The van der Waals surface area contributed by atoms with Gasteiger partial charge in [0.05, 0.1) is 26.2 Å². The Labute approximate surface area is 178 Å². The number of hydrazine groups is 1. The first kappa shape index (κ1) is 19.2. The third kappa shape index (κ3) is 2.46. The van der Waals surface area contributed by atoms with Gasteiger partial charge in [0.1, 0.15) is 17.1 Å². The van der Waals surface area contributed by atoms with Crippen molar-refractivity contribution < 1.29 is 19.0 Å². The number of hydrogen-bond acceptors (Lipinski definition) is 8. The minimum absolute atomic E-state index is 0.0575. The molecule has 0 radical (unpaired) electrons. The maximum atomic E-state index is 13.6. The Bertz CT molecular complexity index is 1160. The fourth-order valence-electron chi connectivity index (χ4n) is 5.00. The van der Waals surface area contributed by atoms with E-state index >= 15 is 0 Å². The molecule has 3 heterocycles. The Hall–Kier alpha value is -3.74. The van der Waals surface area contributed by atoms with Crippen molar-refractivity contribution in [2.24, 2.45) is 11.7 Å². The highest BCUT2D eigenvalue weighted by Gasteiger charge is 2.65. The number of nitrogens with zero attached hydrogens (tertiary/aromatic N) is 1. The van der Waals surface area contributed by atoms with Gasteiger partial charge in [0.25, 0.3) is 0 Å². The van der Waals surface area contributed by atoms with Crippen LogP contribution in [0.2, 0.25) is 0 Å². The lowest BCUT2D eigenvalue weighted by molar-refractivity contribution is -0.124. The van der Waals surface area contributed by atoms with Gasteiger partial charge in [0.2, 0.25) is 11.8 Å². The molecule has 2 aromatic rings. The number of rotatable bonds is 3. The van der Waals surface area contributed by atoms with E-state index in [2.05, 4.69) is 22.2 Å². The molecule has 4 unspecified atom stereocenters. The lowest BCUT2D eigenvalue weighted by atomic mass is 9.62. The van der Waals surface area contributed by atoms with Crippen LogP contribution in [0.4, 0.5) is 5.69 Å². The summed E-state index contributed by atoms with van der Waals surface area (Å²) in [7, 11) is 3.13. The first-order valence-electron chi connectivity index (χ1n) is 9.77. The summed E-state index contributed by atoms with van der Waals surface area (Å²) in [5.41, 5.74) is 13.5. The van der Waals surface area contributed by atoms with Gasteiger partial charge >= 0.3 is 0 Å². The number of nitrogens with one attached hydrogen (secondary N) is 3. The molecular weight excluding hydrogens is 398 g/mol. The normalized spacial score (nSPS) is 28.4. The van der Waals surface area contributed by atoms with Crippen LogP contribution < -0.4 is 31.4 Å². The summed E-state index contributed by atoms with van der Waals surface area (Å²) in [4.78, 5) is 13.6. The Balaban J connectivity index is 1.73. The van der Waals surface area contributed by atoms with Crippen molar-refractivity contribution in [1.29, 1.82) is 5.26 Å². The fraction of sp³-hybridized carbons (Fsp3) is 0.273. The van der Waals surface area contributed by atoms with E-state index in [0.717, 1.165) is 5.56 Å². The Morgan fingerprint density at radius 3 is 2.65 bits per heavy atom. The van der Waals surface area contributed by atoms with Crippen LogP contribution in [0.15, 0.2) is 53.9 Å². The molecular formula is C22H21N5O4. The van der Waals surface area contributed by atoms with E-state index in [0.29, 0.717) is 22.7 Å². The third-order valence-electron chi connectivity index (χ3n) is 6.30. The topological polar surface area (TPSA) is 131 Å². The average molecular weight is 419 g/mol. The summed E-state index contributed by atoms with van der Waals surface area (Å²) in [5, 5.41) is 13.0. The number of fused-ring (bicyclic) bond motifs is 4. The minimum Gasteiger partial charge on any atom is -0.493 e. The average Bonchev–Trinajstić information content (AvgIpc) is 3.33. The van der Waals surface area contributed by atoms with Gasteiger partial charge in [-0.1, -0.05) is 24.3 Å². The van der Waals surface area contributed by atoms with Crippen LogP contribution in [0.1, 0.15) is 17.2 Å². The molecule has 0 saturated carbocycles. The van der Waals surface area contributed by atoms with Crippen molar-refractivity contribution in [3.63, 3.8) is 0 Å². The molecule has 1 fully saturated rings. The molecule has 1 amide bonds. The zero-order valence-electron chi connectivity index (χ0n) is 16.9. The van der Waals surface area contributed by atoms with Gasteiger partial charge < -0.3 is 25.3 Å². The standard InChI is InChI=1S/C22H21N5O4/c1-29-15-8-7-11(9-16(15)30-2)18-17-20(27-26-18)31-19(24)13(10-23)22(17)12-5-3-4-6-14(12)25-21(22)28/h3-9,17-18,20,26-27H,24H2,1-2H3,(H,25,28). The number of benzene rings is 2. The van der Waals surface area contributed by atoms with Crippen LogP contribution in [0.25, 0.3) is 0 Å². The van der Waals surface area contributed by atoms with E-state index in [4.69, 9.17) is 19.9 Å². The Morgan fingerprint density at radius 2 is 1.90 bits per heavy atom. The van der Waals surface area contributed by atoms with Crippen LogP contribution in [0.3, 0.4) is 0 Å². The molecule has 1 spiro atoms. The summed E-state index contributed by atoms with van der Waals surface area (Å²) in [6.45, 7) is 0. The SMILES string of the molecule is COc1ccc(C2NNC3OC(N)=C(C#N)C4(C(=O)Nc5ccccc54)C32)cc1OC. The predicted molar refractivity (Wildman–Crippen MR) is 110 cm³/mol. The lowest BCUT2D eigenvalue weighted by Crippen LogP contribution is -2.54. The van der Waals surface area contributed by atoms with E-state index in [1.807, 2.05) is 36.4 Å². The lowest BCUT2D eigenvalue weighted by Gasteiger charge is -2.42. The van der Waals surface area contributed by atoms with Crippen molar-refractivity contribution >= 4 is 11.6 Å². The van der Waals surface area contributed by atoms with Crippen molar-refractivity contribution in [3.05, 3.63) is 65.0 Å². The first-order chi connectivity index (χ1) is 15.1. The van der Waals surface area contributed by atoms with Crippen molar-refractivity contribution in [1.82, 2.24) is 10.9 Å². The zero-order valence-corrected chi connectivity index (χ0v) is 16.9. The van der Waals surface area contributed by atoms with Gasteiger partial charge in [0.15, 0.2) is 17.7 Å². The monoisotopic (exact) mass is 419 g/mol. The molecule has 1 saturated heterocycles. The highest BCUT2D eigenvalue weighted by Crippen LogP contribution is 2.56. The van der Waals surface area contributed by atoms with Crippen molar-refractivity contribution in [3.8, 4) is 17.6 Å². The smallest absolute Gasteiger partial charge is 0.241 e. The fourth-order valence-corrected chi connectivity index (χ4v) is 5.00. The second kappa shape index (κ2) is 6.91. The molecule has 3 aliphatic heterocycles. The molecule has 3 aliphatic rings. The van der Waals surface area contributed by atoms with Gasteiger partial charge in [-0.25, -0.2) is 10.9 Å². The molecule has 9 heteroatoms. The summed E-state index contributed by atoms with van der Waals surface area (Å²) in [5.74, 6) is 0.286. The van der Waals surface area contributed by atoms with Gasteiger partial charge in [-0.3, -0.25) is 4.79 Å². The molecule has 9 nitrogen and oxygen atoms in total. The van der Waals surface area contributed by atoms with Crippen LogP contribution in [-0.4, -0.2) is 26.4 Å². The van der Waals surface area contributed by atoms with Crippen LogP contribution >= 0.6 is 0 Å². The summed E-state index contributed by atoms with van der Waals surface area (Å²) < 4.78 is 16.7. The zero-order chi connectivity index (χ0) is 21.8. The summed E-state index contributed by atoms with van der Waals surface area (Å²) in [6.07, 6.45) is -0.632. The number of amides is 1. The van der Waals surface area contributed by atoms with Crippen LogP contribution in [0, 0.1) is 17.2 Å². The number of nitriles is 1. The van der Waals surface area contributed by atoms with Crippen molar-refractivity contribution in [2.75, 3.05) is 19.5 Å². The van der Waals surface area contributed by atoms with Crippen molar-refractivity contribution in [2.45, 2.75) is 17.7 Å². The Morgan fingerprint density at radius 1 is 1.13 bits per heavy atom. The second-order valence-corrected chi connectivity index (χ2v) is 7.60. The number of nitrogens with two attached hydrogens (primary N) is 1. The number of carbonyl (C=O) groups is 1. The highest BCUT2D eigenvalue weighted by atomic mass is 16.5. The maximum Gasteiger partial charge on any atom is 0.241 e. The highest BCUT2D eigenvalue weighted by molar-refractivity contribution is 6.10. The number of anilines is 1. The van der Waals surface area contributed by atoms with E-state index in [1.54, 1.807) is 20.3 Å². The second-order valence-electron chi connectivity index (χ2n) is 7.60. The summed E-state index contributed by atoms with van der Waals surface area (Å²) >= 11 is 0. The van der Waals surface area contributed by atoms with Gasteiger partial charge in [0, 0.05) is 5.69 Å². The number of carbonyl (C=O) groups excluding carboxylic acids is 1. The molecule has 0 aliphatic carbocycles. The minimum atomic E-state index is -1.31. The quantitative estimate of drug-likeness (QED) is 0.587. The van der Waals surface area contributed by atoms with Gasteiger partial charge in [-0.2, -0.15) is 5.26 Å².